The van der Waals surface area contributed by atoms with Gasteiger partial charge in [-0.1, -0.05) is 62.9 Å². The molecular formula is C21H30N2O2S. The normalized spacial score (nSPS) is 16.7. The van der Waals surface area contributed by atoms with E-state index in [0.29, 0.717) is 0 Å². The topological polar surface area (TPSA) is 44.1 Å². The van der Waals surface area contributed by atoms with Crippen LogP contribution in [0.15, 0.2) is 29.4 Å². The Morgan fingerprint density at radius 2 is 2.08 bits per heavy atom. The molecule has 3 rings (SSSR count). The number of ether oxygens (including phenoxy) is 1. The molecule has 1 heterocycles. The van der Waals surface area contributed by atoms with Crippen molar-refractivity contribution in [2.45, 2.75) is 76.6 Å². The van der Waals surface area contributed by atoms with Crippen LogP contribution in [0.5, 0.6) is 0 Å². The van der Waals surface area contributed by atoms with Gasteiger partial charge in [-0.25, -0.2) is 4.98 Å². The third-order valence-electron chi connectivity index (χ3n) is 5.30. The van der Waals surface area contributed by atoms with Gasteiger partial charge in [0.2, 0.25) is 0 Å². The van der Waals surface area contributed by atoms with E-state index in [0.717, 1.165) is 34.3 Å². The molecule has 0 amide bonds. The van der Waals surface area contributed by atoms with E-state index in [1.54, 1.807) is 11.8 Å². The molecule has 0 saturated heterocycles. The number of imidazole rings is 1. The van der Waals surface area contributed by atoms with Crippen molar-refractivity contribution in [1.82, 2.24) is 9.55 Å². The number of esters is 1. The van der Waals surface area contributed by atoms with Crippen molar-refractivity contribution in [1.29, 1.82) is 0 Å². The van der Waals surface area contributed by atoms with Gasteiger partial charge in [0.1, 0.15) is 6.54 Å². The largest absolute Gasteiger partial charge is 0.461 e. The van der Waals surface area contributed by atoms with Crippen molar-refractivity contribution >= 4 is 28.8 Å². The second-order valence-corrected chi connectivity index (χ2v) is 8.38. The van der Waals surface area contributed by atoms with Gasteiger partial charge in [-0.3, -0.25) is 4.79 Å². The standard InChI is InChI=1S/C21H30N2O2S/c1-3-16(2)25-20(24)15-23-19-12-8-7-11-18(19)22-21(23)26-14-13-17-9-5-4-6-10-17/h7-8,11-12,16-17H,3-6,9-10,13-15H2,1-2H3. The summed E-state index contributed by atoms with van der Waals surface area (Å²) in [5, 5.41) is 0.933. The van der Waals surface area contributed by atoms with Crippen LogP contribution in [-0.4, -0.2) is 27.4 Å². The van der Waals surface area contributed by atoms with Crippen LogP contribution in [0.3, 0.4) is 0 Å². The van der Waals surface area contributed by atoms with Gasteiger partial charge >= 0.3 is 5.97 Å². The minimum absolute atomic E-state index is 0.0420. The molecule has 26 heavy (non-hydrogen) atoms. The molecule has 1 aliphatic rings. The summed E-state index contributed by atoms with van der Waals surface area (Å²) in [5.74, 6) is 1.75. The highest BCUT2D eigenvalue weighted by Gasteiger charge is 2.18. The molecule has 1 unspecified atom stereocenters. The van der Waals surface area contributed by atoms with Crippen LogP contribution in [0.4, 0.5) is 0 Å². The lowest BCUT2D eigenvalue weighted by molar-refractivity contribution is -0.149. The number of rotatable bonds is 8. The Morgan fingerprint density at radius 3 is 2.85 bits per heavy atom. The summed E-state index contributed by atoms with van der Waals surface area (Å²) in [5.41, 5.74) is 1.96. The molecule has 142 valence electrons. The average molecular weight is 375 g/mol. The summed E-state index contributed by atoms with van der Waals surface area (Å²) in [4.78, 5) is 17.1. The molecule has 0 bridgehead atoms. The van der Waals surface area contributed by atoms with E-state index in [1.165, 1.54) is 38.5 Å². The molecule has 1 saturated carbocycles. The summed E-state index contributed by atoms with van der Waals surface area (Å²) < 4.78 is 7.50. The number of thioether (sulfide) groups is 1. The second kappa shape index (κ2) is 9.45. The van der Waals surface area contributed by atoms with Gasteiger partial charge in [0.05, 0.1) is 17.1 Å². The van der Waals surface area contributed by atoms with Crippen LogP contribution >= 0.6 is 11.8 Å². The first-order valence-electron chi connectivity index (χ1n) is 9.95. The minimum atomic E-state index is -0.184. The smallest absolute Gasteiger partial charge is 0.326 e. The Balaban J connectivity index is 1.68. The van der Waals surface area contributed by atoms with Gasteiger partial charge in [-0.15, -0.1) is 0 Å². The molecule has 1 atom stereocenters. The van der Waals surface area contributed by atoms with Crippen LogP contribution in [0.25, 0.3) is 11.0 Å². The van der Waals surface area contributed by atoms with Crippen LogP contribution in [-0.2, 0) is 16.1 Å². The zero-order chi connectivity index (χ0) is 18.4. The molecule has 1 aromatic carbocycles. The molecule has 0 spiro atoms. The fourth-order valence-electron chi connectivity index (χ4n) is 3.58. The van der Waals surface area contributed by atoms with Gasteiger partial charge in [-0.05, 0) is 37.8 Å². The number of nitrogens with zero attached hydrogens (tertiary/aromatic N) is 2. The van der Waals surface area contributed by atoms with Crippen LogP contribution in [0.2, 0.25) is 0 Å². The molecule has 2 aromatic rings. The molecule has 4 nitrogen and oxygen atoms in total. The number of carbonyl (C=O) groups is 1. The lowest BCUT2D eigenvalue weighted by Crippen LogP contribution is -2.19. The van der Waals surface area contributed by atoms with Gasteiger partial charge < -0.3 is 9.30 Å². The lowest BCUT2D eigenvalue weighted by atomic mass is 9.88. The molecule has 1 aromatic heterocycles. The van der Waals surface area contributed by atoms with Gasteiger partial charge in [0, 0.05) is 5.75 Å². The van der Waals surface area contributed by atoms with Crippen LogP contribution in [0, 0.1) is 5.92 Å². The Kier molecular flexibility index (Phi) is 7.00. The first kappa shape index (κ1) is 19.3. The van der Waals surface area contributed by atoms with E-state index in [4.69, 9.17) is 9.72 Å². The first-order valence-corrected chi connectivity index (χ1v) is 10.9. The van der Waals surface area contributed by atoms with Crippen LogP contribution in [0.1, 0.15) is 58.8 Å². The quantitative estimate of drug-likeness (QED) is 0.456. The maximum Gasteiger partial charge on any atom is 0.326 e. The highest BCUT2D eigenvalue weighted by Crippen LogP contribution is 2.30. The Labute approximate surface area is 160 Å². The molecule has 0 N–H and O–H groups in total. The third kappa shape index (κ3) is 5.03. The zero-order valence-corrected chi connectivity index (χ0v) is 16.8. The maximum atomic E-state index is 12.3. The molecule has 1 aliphatic carbocycles. The van der Waals surface area contributed by atoms with Crippen molar-refractivity contribution in [3.05, 3.63) is 24.3 Å². The predicted octanol–water partition coefficient (Wildman–Crippen LogP) is 5.44. The number of carbonyl (C=O) groups excluding carboxylic acids is 1. The highest BCUT2D eigenvalue weighted by atomic mass is 32.2. The van der Waals surface area contributed by atoms with E-state index < -0.39 is 0 Å². The first-order chi connectivity index (χ1) is 12.7. The van der Waals surface area contributed by atoms with Gasteiger partial charge in [0.15, 0.2) is 5.16 Å². The number of hydrogen-bond donors (Lipinski definition) is 0. The van der Waals surface area contributed by atoms with E-state index in [-0.39, 0.29) is 18.6 Å². The number of aromatic nitrogens is 2. The molecular weight excluding hydrogens is 344 g/mol. The monoisotopic (exact) mass is 374 g/mol. The summed E-state index contributed by atoms with van der Waals surface area (Å²) in [6.45, 7) is 4.19. The summed E-state index contributed by atoms with van der Waals surface area (Å²) in [6, 6.07) is 8.03. The molecule has 5 heteroatoms. The van der Waals surface area contributed by atoms with Crippen molar-refractivity contribution in [2.75, 3.05) is 5.75 Å². The Morgan fingerprint density at radius 1 is 1.31 bits per heavy atom. The maximum absolute atomic E-state index is 12.3. The van der Waals surface area contributed by atoms with Gasteiger partial charge in [0.25, 0.3) is 0 Å². The van der Waals surface area contributed by atoms with Crippen molar-refractivity contribution < 1.29 is 9.53 Å². The molecule has 0 radical (unpaired) electrons. The summed E-state index contributed by atoms with van der Waals surface area (Å²) >= 11 is 1.78. The Bertz CT molecular complexity index is 722. The highest BCUT2D eigenvalue weighted by molar-refractivity contribution is 7.99. The number of para-hydroxylation sites is 2. The summed E-state index contributed by atoms with van der Waals surface area (Å²) in [6.07, 6.45) is 8.95. The minimum Gasteiger partial charge on any atom is -0.461 e. The fraction of sp³-hybridized carbons (Fsp3) is 0.619. The van der Waals surface area contributed by atoms with Gasteiger partial charge in [-0.2, -0.15) is 0 Å². The number of benzene rings is 1. The van der Waals surface area contributed by atoms with E-state index in [2.05, 4.69) is 0 Å². The SMILES string of the molecule is CCC(C)OC(=O)Cn1c(SCCC2CCCCC2)nc2ccccc21. The molecule has 0 aliphatic heterocycles. The van der Waals surface area contributed by atoms with Crippen LogP contribution < -0.4 is 0 Å². The second-order valence-electron chi connectivity index (χ2n) is 7.32. The van der Waals surface area contributed by atoms with Crippen molar-refractivity contribution in [3.63, 3.8) is 0 Å². The number of fused-ring (bicyclic) bond motifs is 1. The lowest BCUT2D eigenvalue weighted by Gasteiger charge is -2.21. The summed E-state index contributed by atoms with van der Waals surface area (Å²) in [7, 11) is 0. The predicted molar refractivity (Wildman–Crippen MR) is 107 cm³/mol. The Hall–Kier alpha value is -1.49. The molecule has 1 fully saturated rings. The number of hydrogen-bond acceptors (Lipinski definition) is 4. The van der Waals surface area contributed by atoms with E-state index >= 15 is 0 Å². The fourth-order valence-corrected chi connectivity index (χ4v) is 4.70. The van der Waals surface area contributed by atoms with E-state index in [9.17, 15) is 4.79 Å². The van der Waals surface area contributed by atoms with E-state index in [1.807, 2.05) is 42.7 Å². The van der Waals surface area contributed by atoms with Crippen molar-refractivity contribution in [3.8, 4) is 0 Å². The average Bonchev–Trinajstić information content (AvgIpc) is 3.00. The van der Waals surface area contributed by atoms with Crippen molar-refractivity contribution in [2.24, 2.45) is 5.92 Å². The zero-order valence-electron chi connectivity index (χ0n) is 15.9. The third-order valence-corrected chi connectivity index (χ3v) is 6.31.